The molecule has 0 bridgehead atoms. The number of nitrogens with zero attached hydrogens (tertiary/aromatic N) is 1. The number of aryl methyl sites for hydroxylation is 2. The van der Waals surface area contributed by atoms with Gasteiger partial charge in [-0.1, -0.05) is 12.1 Å². The molecule has 2 aliphatic carbocycles. The second-order valence-electron chi connectivity index (χ2n) is 12.0. The number of benzene rings is 3. The monoisotopic (exact) mass is 609 g/mol. The Hall–Kier alpha value is -3.63. The van der Waals surface area contributed by atoms with Crippen molar-refractivity contribution in [2.75, 3.05) is 19.9 Å². The van der Waals surface area contributed by atoms with Gasteiger partial charge in [-0.25, -0.2) is 17.1 Å². The van der Waals surface area contributed by atoms with Gasteiger partial charge in [0.25, 0.3) is 0 Å². The Balaban J connectivity index is 1.20. The first kappa shape index (κ1) is 29.4. The molecule has 228 valence electrons. The van der Waals surface area contributed by atoms with E-state index in [9.17, 15) is 13.2 Å². The molecule has 1 saturated carbocycles. The third kappa shape index (κ3) is 5.70. The molecule has 0 aromatic heterocycles. The van der Waals surface area contributed by atoms with E-state index in [1.807, 2.05) is 38.1 Å². The molecule has 0 saturated heterocycles. The highest BCUT2D eigenvalue weighted by Crippen LogP contribution is 2.45. The molecule has 8 nitrogen and oxygen atoms in total. The van der Waals surface area contributed by atoms with Gasteiger partial charge in [0.1, 0.15) is 35.3 Å². The summed E-state index contributed by atoms with van der Waals surface area (Å²) in [6, 6.07) is 12.7. The molecule has 0 radical (unpaired) electrons. The van der Waals surface area contributed by atoms with Crippen LogP contribution in [0.25, 0.3) is 11.1 Å². The molecule has 3 aromatic carbocycles. The van der Waals surface area contributed by atoms with E-state index in [-0.39, 0.29) is 30.3 Å². The highest BCUT2D eigenvalue weighted by atomic mass is 32.2. The standard InChI is InChI=1S/C33H36FNO7S/c1-18-11-23(41-24-14-21(15-24)35(3)43(4,38)39)12-19(2)32(18)26-7-9-28(34)33-27(26)8-10-29(33)42-22-5-6-25-20(13-31(36)37)17-40-30(25)16-22/h5-7,9,11-12,16,20-21,24,29H,8,10,13-15,17H2,1-4H3,(H,36,37)/t20-,21?,24?,29-/m1/s1. The number of hydrogen-bond acceptors (Lipinski definition) is 6. The van der Waals surface area contributed by atoms with E-state index in [1.165, 1.54) is 16.6 Å². The molecule has 0 amide bonds. The number of carboxylic acid groups (broad SMARTS) is 1. The van der Waals surface area contributed by atoms with Crippen molar-refractivity contribution in [1.82, 2.24) is 4.31 Å². The van der Waals surface area contributed by atoms with Crippen LogP contribution in [0.1, 0.15) is 65.5 Å². The number of sulfonamides is 1. The lowest BCUT2D eigenvalue weighted by molar-refractivity contribution is -0.137. The fraction of sp³-hybridized carbons (Fsp3) is 0.424. The number of halogens is 1. The number of rotatable bonds is 9. The van der Waals surface area contributed by atoms with Crippen molar-refractivity contribution in [2.24, 2.45) is 0 Å². The Labute approximate surface area is 251 Å². The van der Waals surface area contributed by atoms with Crippen LogP contribution < -0.4 is 14.2 Å². The van der Waals surface area contributed by atoms with E-state index >= 15 is 4.39 Å². The van der Waals surface area contributed by atoms with Crippen molar-refractivity contribution in [2.45, 2.75) is 70.1 Å². The first-order valence-corrected chi connectivity index (χ1v) is 16.4. The average molecular weight is 610 g/mol. The number of carboxylic acids is 1. The minimum atomic E-state index is -3.23. The van der Waals surface area contributed by atoms with Crippen LogP contribution in [0.4, 0.5) is 4.39 Å². The fourth-order valence-electron chi connectivity index (χ4n) is 6.71. The van der Waals surface area contributed by atoms with Crippen LogP contribution in [0.2, 0.25) is 0 Å². The lowest BCUT2D eigenvalue weighted by Crippen LogP contribution is -2.49. The van der Waals surface area contributed by atoms with E-state index in [1.54, 1.807) is 19.2 Å². The van der Waals surface area contributed by atoms with Crippen LogP contribution in [0.3, 0.4) is 0 Å². The second-order valence-corrected chi connectivity index (χ2v) is 14.1. The summed E-state index contributed by atoms with van der Waals surface area (Å²) in [6.45, 7) is 4.37. The molecular weight excluding hydrogens is 573 g/mol. The van der Waals surface area contributed by atoms with Crippen molar-refractivity contribution in [3.63, 3.8) is 0 Å². The summed E-state index contributed by atoms with van der Waals surface area (Å²) in [7, 11) is -1.62. The zero-order valence-corrected chi connectivity index (χ0v) is 25.5. The maximum absolute atomic E-state index is 15.3. The highest BCUT2D eigenvalue weighted by Gasteiger charge is 2.37. The average Bonchev–Trinajstić information content (AvgIpc) is 3.50. The molecule has 1 N–H and O–H groups in total. The quantitative estimate of drug-likeness (QED) is 0.321. The Morgan fingerprint density at radius 1 is 1.07 bits per heavy atom. The van der Waals surface area contributed by atoms with Gasteiger partial charge in [0.05, 0.1) is 19.3 Å². The van der Waals surface area contributed by atoms with Gasteiger partial charge >= 0.3 is 5.97 Å². The molecular formula is C33H36FNO7S. The summed E-state index contributed by atoms with van der Waals surface area (Å²) in [5, 5.41) is 9.17. The van der Waals surface area contributed by atoms with Gasteiger partial charge in [-0.05, 0) is 78.8 Å². The Bertz CT molecular complexity index is 1680. The maximum atomic E-state index is 15.3. The third-order valence-electron chi connectivity index (χ3n) is 9.03. The molecule has 0 unspecified atom stereocenters. The molecule has 10 heteroatoms. The molecule has 1 fully saturated rings. The predicted octanol–water partition coefficient (Wildman–Crippen LogP) is 5.93. The Morgan fingerprint density at radius 3 is 2.47 bits per heavy atom. The van der Waals surface area contributed by atoms with E-state index < -0.39 is 22.1 Å². The molecule has 6 rings (SSSR count). The number of aliphatic carboxylic acids is 1. The molecule has 3 aliphatic rings. The van der Waals surface area contributed by atoms with Crippen molar-refractivity contribution < 1.29 is 36.9 Å². The SMILES string of the molecule is Cc1cc(OC2CC(N(C)S(C)(=O)=O)C2)cc(C)c1-c1ccc(F)c2c1CC[C@H]2Oc1ccc2c(c1)OC[C@H]2CC(=O)O. The van der Waals surface area contributed by atoms with Crippen molar-refractivity contribution >= 4 is 16.0 Å². The molecule has 0 spiro atoms. The zero-order chi connectivity index (χ0) is 30.6. The lowest BCUT2D eigenvalue weighted by Gasteiger charge is -2.39. The molecule has 2 atom stereocenters. The van der Waals surface area contributed by atoms with E-state index in [2.05, 4.69) is 0 Å². The third-order valence-corrected chi connectivity index (χ3v) is 10.4. The van der Waals surface area contributed by atoms with Crippen molar-refractivity contribution in [1.29, 1.82) is 0 Å². The van der Waals surface area contributed by atoms with Crippen LogP contribution in [-0.2, 0) is 21.2 Å². The van der Waals surface area contributed by atoms with Crippen LogP contribution >= 0.6 is 0 Å². The number of hydrogen-bond donors (Lipinski definition) is 1. The van der Waals surface area contributed by atoms with Gasteiger partial charge in [0, 0.05) is 49.0 Å². The largest absolute Gasteiger partial charge is 0.492 e. The van der Waals surface area contributed by atoms with Crippen LogP contribution in [0.5, 0.6) is 17.2 Å². The van der Waals surface area contributed by atoms with Crippen LogP contribution in [-0.4, -0.2) is 55.9 Å². The molecule has 1 heterocycles. The van der Waals surface area contributed by atoms with Gasteiger partial charge in [-0.3, -0.25) is 4.79 Å². The summed E-state index contributed by atoms with van der Waals surface area (Å²) in [6.07, 6.45) is 3.33. The Morgan fingerprint density at radius 2 is 1.79 bits per heavy atom. The summed E-state index contributed by atoms with van der Waals surface area (Å²) < 4.78 is 58.6. The molecule has 43 heavy (non-hydrogen) atoms. The van der Waals surface area contributed by atoms with Crippen LogP contribution in [0.15, 0.2) is 42.5 Å². The normalized spacial score (nSPS) is 22.5. The van der Waals surface area contributed by atoms with Gasteiger partial charge in [0.15, 0.2) is 0 Å². The fourth-order valence-corrected chi connectivity index (χ4v) is 7.42. The summed E-state index contributed by atoms with van der Waals surface area (Å²) in [5.74, 6) is 0.568. The number of ether oxygens (including phenoxy) is 3. The van der Waals surface area contributed by atoms with Gasteiger partial charge < -0.3 is 19.3 Å². The number of carbonyl (C=O) groups is 1. The minimum absolute atomic E-state index is 0.00710. The summed E-state index contributed by atoms with van der Waals surface area (Å²) in [4.78, 5) is 11.2. The van der Waals surface area contributed by atoms with Gasteiger partial charge in [0.2, 0.25) is 10.0 Å². The topological polar surface area (TPSA) is 102 Å². The summed E-state index contributed by atoms with van der Waals surface area (Å²) in [5.41, 5.74) is 6.42. The van der Waals surface area contributed by atoms with Crippen molar-refractivity contribution in [3.05, 3.63) is 76.1 Å². The highest BCUT2D eigenvalue weighted by molar-refractivity contribution is 7.88. The molecule has 3 aromatic rings. The van der Waals surface area contributed by atoms with E-state index in [0.717, 1.165) is 39.1 Å². The predicted molar refractivity (Wildman–Crippen MR) is 160 cm³/mol. The van der Waals surface area contributed by atoms with Gasteiger partial charge in [-0.2, -0.15) is 0 Å². The van der Waals surface area contributed by atoms with Crippen LogP contribution in [0, 0.1) is 19.7 Å². The zero-order valence-electron chi connectivity index (χ0n) is 24.7. The second kappa shape index (κ2) is 11.1. The Kier molecular flexibility index (Phi) is 7.62. The number of fused-ring (bicyclic) bond motifs is 2. The first-order chi connectivity index (χ1) is 20.4. The smallest absolute Gasteiger partial charge is 0.304 e. The molecule has 1 aliphatic heterocycles. The van der Waals surface area contributed by atoms with E-state index in [0.29, 0.717) is 49.4 Å². The van der Waals surface area contributed by atoms with E-state index in [4.69, 9.17) is 19.3 Å². The van der Waals surface area contributed by atoms with Gasteiger partial charge in [-0.15, -0.1) is 0 Å². The minimum Gasteiger partial charge on any atom is -0.492 e. The summed E-state index contributed by atoms with van der Waals surface area (Å²) >= 11 is 0. The maximum Gasteiger partial charge on any atom is 0.304 e. The van der Waals surface area contributed by atoms with Crippen molar-refractivity contribution in [3.8, 4) is 28.4 Å². The lowest BCUT2D eigenvalue weighted by atomic mass is 9.88. The first-order valence-electron chi connectivity index (χ1n) is 14.6.